The molecule has 4 nitrogen and oxygen atoms in total. The molecule has 0 spiro atoms. The predicted molar refractivity (Wildman–Crippen MR) is 77.5 cm³/mol. The van der Waals surface area contributed by atoms with Gasteiger partial charge in [0, 0.05) is 25.2 Å². The smallest absolute Gasteiger partial charge is 0.249 e. The molecule has 2 heterocycles. The summed E-state index contributed by atoms with van der Waals surface area (Å²) in [5.74, 6) is 0.205. The zero-order chi connectivity index (χ0) is 14.1. The lowest BCUT2D eigenvalue weighted by Gasteiger charge is -2.25. The number of carbonyl (C=O) groups is 2. The molecule has 0 radical (unpaired) electrons. The highest BCUT2D eigenvalue weighted by Gasteiger charge is 2.39. The molecule has 2 fully saturated rings. The zero-order valence-electron chi connectivity index (χ0n) is 11.8. The number of carbonyl (C=O) groups excluding carboxylic acids is 2. The van der Waals surface area contributed by atoms with Gasteiger partial charge in [0.2, 0.25) is 11.8 Å². The van der Waals surface area contributed by atoms with E-state index < -0.39 is 0 Å². The van der Waals surface area contributed by atoms with Crippen LogP contribution in [0.1, 0.15) is 31.7 Å². The second-order valence-corrected chi connectivity index (χ2v) is 5.51. The van der Waals surface area contributed by atoms with Crippen molar-refractivity contribution in [1.29, 1.82) is 0 Å². The number of amides is 2. The lowest BCUT2D eigenvalue weighted by molar-refractivity contribution is -0.135. The maximum absolute atomic E-state index is 12.7. The average Bonchev–Trinajstić information content (AvgIpc) is 2.93. The summed E-state index contributed by atoms with van der Waals surface area (Å²) in [5.41, 5.74) is 2.14. The van der Waals surface area contributed by atoms with Crippen LogP contribution in [0.5, 0.6) is 0 Å². The van der Waals surface area contributed by atoms with E-state index in [1.54, 1.807) is 9.80 Å². The summed E-state index contributed by atoms with van der Waals surface area (Å²) in [4.78, 5) is 28.4. The van der Waals surface area contributed by atoms with Gasteiger partial charge in [-0.2, -0.15) is 0 Å². The molecule has 2 aliphatic heterocycles. The molecule has 1 aromatic rings. The largest absolute Gasteiger partial charge is 0.331 e. The Morgan fingerprint density at radius 2 is 2.10 bits per heavy atom. The van der Waals surface area contributed by atoms with Gasteiger partial charge < -0.3 is 9.80 Å². The van der Waals surface area contributed by atoms with Crippen molar-refractivity contribution in [3.05, 3.63) is 29.8 Å². The molecule has 0 saturated carbocycles. The van der Waals surface area contributed by atoms with Gasteiger partial charge in [-0.1, -0.05) is 19.1 Å². The average molecular weight is 272 g/mol. The van der Waals surface area contributed by atoms with Crippen LogP contribution in [-0.4, -0.2) is 35.8 Å². The third-order valence-corrected chi connectivity index (χ3v) is 4.30. The molecule has 2 amide bonds. The van der Waals surface area contributed by atoms with Gasteiger partial charge in [0.05, 0.1) is 0 Å². The van der Waals surface area contributed by atoms with Gasteiger partial charge in [0.25, 0.3) is 0 Å². The quantitative estimate of drug-likeness (QED) is 0.826. The molecule has 1 aromatic carbocycles. The maximum Gasteiger partial charge on any atom is 0.249 e. The number of hydrogen-bond acceptors (Lipinski definition) is 2. The number of nitrogens with zero attached hydrogens (tertiary/aromatic N) is 2. The van der Waals surface area contributed by atoms with Crippen LogP contribution in [0.3, 0.4) is 0 Å². The number of fused-ring (bicyclic) bond motifs is 1. The summed E-state index contributed by atoms with van der Waals surface area (Å²) in [6.45, 7) is 3.33. The molecule has 0 aromatic heterocycles. The molecular weight excluding hydrogens is 252 g/mol. The van der Waals surface area contributed by atoms with Gasteiger partial charge >= 0.3 is 0 Å². The molecule has 2 saturated heterocycles. The van der Waals surface area contributed by atoms with Crippen LogP contribution in [0.25, 0.3) is 0 Å². The molecule has 0 N–H and O–H groups in total. The standard InChI is InChI=1S/C16H20N2O2/c1-2-12-5-3-6-13(11-12)17-10-8-15(19)18-9-4-7-14(18)16(17)20/h3,5-6,11,14H,2,4,7-10H2,1H3. The van der Waals surface area contributed by atoms with Crippen LogP contribution in [0.15, 0.2) is 24.3 Å². The van der Waals surface area contributed by atoms with Crippen molar-refractivity contribution in [2.75, 3.05) is 18.0 Å². The van der Waals surface area contributed by atoms with Crippen LogP contribution < -0.4 is 4.90 Å². The van der Waals surface area contributed by atoms with Crippen LogP contribution in [0, 0.1) is 0 Å². The Hall–Kier alpha value is -1.84. The van der Waals surface area contributed by atoms with Crippen LogP contribution in [0.2, 0.25) is 0 Å². The molecule has 3 rings (SSSR count). The Morgan fingerprint density at radius 1 is 1.25 bits per heavy atom. The molecule has 0 aliphatic carbocycles. The zero-order valence-corrected chi connectivity index (χ0v) is 11.8. The van der Waals surface area contributed by atoms with E-state index in [2.05, 4.69) is 19.1 Å². The fourth-order valence-electron chi connectivity index (χ4n) is 3.16. The first kappa shape index (κ1) is 13.2. The minimum Gasteiger partial charge on any atom is -0.331 e. The summed E-state index contributed by atoms with van der Waals surface area (Å²) in [6.07, 6.45) is 3.11. The number of benzene rings is 1. The van der Waals surface area contributed by atoms with Crippen molar-refractivity contribution in [2.45, 2.75) is 38.6 Å². The van der Waals surface area contributed by atoms with Crippen LogP contribution in [0.4, 0.5) is 5.69 Å². The highest BCUT2D eigenvalue weighted by atomic mass is 16.2. The topological polar surface area (TPSA) is 40.6 Å². The van der Waals surface area contributed by atoms with Gasteiger partial charge in [-0.05, 0) is 37.0 Å². The van der Waals surface area contributed by atoms with Gasteiger partial charge in [-0.25, -0.2) is 0 Å². The fourth-order valence-corrected chi connectivity index (χ4v) is 3.16. The lowest BCUT2D eigenvalue weighted by Crippen LogP contribution is -2.43. The Labute approximate surface area is 119 Å². The molecule has 1 unspecified atom stereocenters. The third-order valence-electron chi connectivity index (χ3n) is 4.30. The maximum atomic E-state index is 12.7. The second kappa shape index (κ2) is 5.27. The van der Waals surface area contributed by atoms with Gasteiger partial charge in [0.1, 0.15) is 6.04 Å². The lowest BCUT2D eigenvalue weighted by atomic mass is 10.1. The second-order valence-electron chi connectivity index (χ2n) is 5.51. The summed E-state index contributed by atoms with van der Waals surface area (Å²) in [5, 5.41) is 0. The van der Waals surface area contributed by atoms with E-state index in [4.69, 9.17) is 0 Å². The van der Waals surface area contributed by atoms with E-state index in [0.717, 1.165) is 31.5 Å². The van der Waals surface area contributed by atoms with E-state index in [-0.39, 0.29) is 17.9 Å². The normalized spacial score (nSPS) is 22.9. The molecule has 0 bridgehead atoms. The molecule has 1 atom stereocenters. The number of rotatable bonds is 2. The fraction of sp³-hybridized carbons (Fsp3) is 0.500. The highest BCUT2D eigenvalue weighted by molar-refractivity contribution is 6.01. The van der Waals surface area contributed by atoms with Gasteiger partial charge in [0.15, 0.2) is 0 Å². The van der Waals surface area contributed by atoms with E-state index in [0.29, 0.717) is 13.0 Å². The van der Waals surface area contributed by atoms with Crippen molar-refractivity contribution in [3.8, 4) is 0 Å². The first-order valence-corrected chi connectivity index (χ1v) is 7.40. The van der Waals surface area contributed by atoms with Crippen molar-refractivity contribution in [1.82, 2.24) is 4.90 Å². The minimum absolute atomic E-state index is 0.0848. The predicted octanol–water partition coefficient (Wildman–Crippen LogP) is 1.98. The summed E-state index contributed by atoms with van der Waals surface area (Å²) in [7, 11) is 0. The molecule has 106 valence electrons. The molecular formula is C16H20N2O2. The van der Waals surface area contributed by atoms with E-state index in [1.165, 1.54) is 5.56 Å². The molecule has 20 heavy (non-hydrogen) atoms. The number of anilines is 1. The minimum atomic E-state index is -0.240. The third kappa shape index (κ3) is 2.19. The van der Waals surface area contributed by atoms with Gasteiger partial charge in [-0.15, -0.1) is 0 Å². The Morgan fingerprint density at radius 3 is 2.90 bits per heavy atom. The van der Waals surface area contributed by atoms with Crippen LogP contribution >= 0.6 is 0 Å². The molecule has 4 heteroatoms. The monoisotopic (exact) mass is 272 g/mol. The Bertz CT molecular complexity index is 541. The Balaban J connectivity index is 1.92. The highest BCUT2D eigenvalue weighted by Crippen LogP contribution is 2.27. The van der Waals surface area contributed by atoms with Gasteiger partial charge in [-0.3, -0.25) is 9.59 Å². The van der Waals surface area contributed by atoms with E-state index >= 15 is 0 Å². The summed E-state index contributed by atoms with van der Waals surface area (Å²) >= 11 is 0. The number of aryl methyl sites for hydroxylation is 1. The first-order valence-electron chi connectivity index (χ1n) is 7.40. The summed E-state index contributed by atoms with van der Waals surface area (Å²) < 4.78 is 0. The van der Waals surface area contributed by atoms with Crippen molar-refractivity contribution in [3.63, 3.8) is 0 Å². The molecule has 2 aliphatic rings. The Kier molecular flexibility index (Phi) is 3.47. The van der Waals surface area contributed by atoms with E-state index in [9.17, 15) is 9.59 Å². The SMILES string of the molecule is CCc1cccc(N2CCC(=O)N3CCCC3C2=O)c1. The van der Waals surface area contributed by atoms with Crippen molar-refractivity contribution >= 4 is 17.5 Å². The summed E-state index contributed by atoms with van der Waals surface area (Å²) in [6, 6.07) is 7.84. The van der Waals surface area contributed by atoms with Crippen molar-refractivity contribution in [2.24, 2.45) is 0 Å². The van der Waals surface area contributed by atoms with Crippen LogP contribution in [-0.2, 0) is 16.0 Å². The van der Waals surface area contributed by atoms with Crippen molar-refractivity contribution < 1.29 is 9.59 Å². The number of hydrogen-bond donors (Lipinski definition) is 0. The first-order chi connectivity index (χ1) is 9.70. The van der Waals surface area contributed by atoms with E-state index in [1.807, 2.05) is 12.1 Å².